The number of halogens is 2. The van der Waals surface area contributed by atoms with Gasteiger partial charge in [0.15, 0.2) is 5.96 Å². The van der Waals surface area contributed by atoms with Crippen LogP contribution >= 0.6 is 24.0 Å². The fourth-order valence-electron chi connectivity index (χ4n) is 3.34. The maximum Gasteiger partial charge on any atom is 0.191 e. The monoisotopic (exact) mass is 518 g/mol. The molecular formula is C21H32FIN4O2. The van der Waals surface area contributed by atoms with E-state index in [1.807, 2.05) is 13.1 Å². The molecule has 1 atom stereocenters. The molecule has 0 amide bonds. The van der Waals surface area contributed by atoms with E-state index in [4.69, 9.17) is 9.47 Å². The standard InChI is InChI=1S/C21H31FN4O2.HI/c1-2-23-21(24-8-3-10-27-14-16-7-11-28-15-16)25-9-6-17-13-26-20-5-4-18(22)12-19(17)20;/h4-5,12-13,16,26H,2-3,6-11,14-15H2,1H3,(H2,23,24,25);1H. The summed E-state index contributed by atoms with van der Waals surface area (Å²) in [6, 6.07) is 4.83. The van der Waals surface area contributed by atoms with E-state index in [0.29, 0.717) is 5.92 Å². The number of aliphatic imine (C=N–C) groups is 1. The predicted octanol–water partition coefficient (Wildman–Crippen LogP) is 3.47. The Labute approximate surface area is 189 Å². The number of aromatic amines is 1. The first-order valence-corrected chi connectivity index (χ1v) is 10.2. The van der Waals surface area contributed by atoms with Gasteiger partial charge in [0.25, 0.3) is 0 Å². The van der Waals surface area contributed by atoms with Crippen molar-refractivity contribution in [1.29, 1.82) is 0 Å². The number of nitrogens with zero attached hydrogens (tertiary/aromatic N) is 1. The second-order valence-electron chi connectivity index (χ2n) is 7.10. The summed E-state index contributed by atoms with van der Waals surface area (Å²) in [5.41, 5.74) is 2.06. The zero-order chi connectivity index (χ0) is 19.6. The van der Waals surface area contributed by atoms with Gasteiger partial charge < -0.3 is 25.1 Å². The topological polar surface area (TPSA) is 70.7 Å². The van der Waals surface area contributed by atoms with Crippen LogP contribution in [0.5, 0.6) is 0 Å². The van der Waals surface area contributed by atoms with Crippen molar-refractivity contribution in [3.8, 4) is 0 Å². The molecule has 1 aliphatic heterocycles. The number of guanidine groups is 1. The van der Waals surface area contributed by atoms with Gasteiger partial charge in [-0.25, -0.2) is 4.39 Å². The molecule has 2 heterocycles. The van der Waals surface area contributed by atoms with Crippen molar-refractivity contribution in [3.63, 3.8) is 0 Å². The summed E-state index contributed by atoms with van der Waals surface area (Å²) in [6.45, 7) is 7.50. The molecule has 0 saturated carbocycles. The van der Waals surface area contributed by atoms with Gasteiger partial charge in [-0.05, 0) is 49.9 Å². The van der Waals surface area contributed by atoms with Gasteiger partial charge in [0.05, 0.1) is 13.2 Å². The Morgan fingerprint density at radius 1 is 1.38 bits per heavy atom. The van der Waals surface area contributed by atoms with Crippen LogP contribution in [0.2, 0.25) is 0 Å². The Morgan fingerprint density at radius 2 is 2.28 bits per heavy atom. The number of ether oxygens (including phenoxy) is 2. The van der Waals surface area contributed by atoms with Crippen molar-refractivity contribution in [2.24, 2.45) is 10.9 Å². The first-order valence-electron chi connectivity index (χ1n) is 10.2. The Hall–Kier alpha value is -1.39. The first-order chi connectivity index (χ1) is 13.8. The molecule has 2 aromatic rings. The lowest BCUT2D eigenvalue weighted by molar-refractivity contribution is 0.0893. The molecular weight excluding hydrogens is 486 g/mol. The van der Waals surface area contributed by atoms with Crippen molar-refractivity contribution >= 4 is 40.8 Å². The predicted molar refractivity (Wildman–Crippen MR) is 126 cm³/mol. The summed E-state index contributed by atoms with van der Waals surface area (Å²) in [5.74, 6) is 1.15. The van der Waals surface area contributed by atoms with Gasteiger partial charge in [-0.15, -0.1) is 24.0 Å². The van der Waals surface area contributed by atoms with Crippen molar-refractivity contribution in [3.05, 3.63) is 35.8 Å². The van der Waals surface area contributed by atoms with Crippen molar-refractivity contribution in [1.82, 2.24) is 15.6 Å². The van der Waals surface area contributed by atoms with Crippen LogP contribution in [-0.2, 0) is 15.9 Å². The molecule has 0 radical (unpaired) electrons. The molecule has 3 rings (SSSR count). The van der Waals surface area contributed by atoms with Gasteiger partial charge in [-0.3, -0.25) is 4.99 Å². The third kappa shape index (κ3) is 7.75. The minimum Gasteiger partial charge on any atom is -0.381 e. The van der Waals surface area contributed by atoms with E-state index < -0.39 is 0 Å². The minimum absolute atomic E-state index is 0. The van der Waals surface area contributed by atoms with E-state index in [-0.39, 0.29) is 29.8 Å². The molecule has 1 fully saturated rings. The highest BCUT2D eigenvalue weighted by molar-refractivity contribution is 14.0. The molecule has 6 nitrogen and oxygen atoms in total. The van der Waals surface area contributed by atoms with Crippen LogP contribution in [0, 0.1) is 11.7 Å². The molecule has 1 aromatic carbocycles. The number of fused-ring (bicyclic) bond motifs is 1. The van der Waals surface area contributed by atoms with E-state index in [2.05, 4.69) is 20.6 Å². The highest BCUT2D eigenvalue weighted by Gasteiger charge is 2.15. The van der Waals surface area contributed by atoms with E-state index in [9.17, 15) is 4.39 Å². The summed E-state index contributed by atoms with van der Waals surface area (Å²) < 4.78 is 24.5. The number of H-pyrrole nitrogens is 1. The zero-order valence-electron chi connectivity index (χ0n) is 17.0. The Kier molecular flexibility index (Phi) is 10.7. The maximum absolute atomic E-state index is 13.5. The normalized spacial score (nSPS) is 16.8. The van der Waals surface area contributed by atoms with Gasteiger partial charge in [-0.1, -0.05) is 0 Å². The van der Waals surface area contributed by atoms with E-state index in [0.717, 1.165) is 87.8 Å². The number of hydrogen-bond acceptors (Lipinski definition) is 3. The molecule has 3 N–H and O–H groups in total. The maximum atomic E-state index is 13.5. The summed E-state index contributed by atoms with van der Waals surface area (Å²) in [7, 11) is 0. The number of hydrogen-bond donors (Lipinski definition) is 3. The lowest BCUT2D eigenvalue weighted by Gasteiger charge is -2.11. The molecule has 0 spiro atoms. The van der Waals surface area contributed by atoms with Crippen molar-refractivity contribution in [2.75, 3.05) is 46.1 Å². The first kappa shape index (κ1) is 23.9. The summed E-state index contributed by atoms with van der Waals surface area (Å²) >= 11 is 0. The number of aromatic nitrogens is 1. The number of rotatable bonds is 10. The molecule has 0 bridgehead atoms. The molecule has 1 unspecified atom stereocenters. The summed E-state index contributed by atoms with van der Waals surface area (Å²) in [6.07, 6.45) is 4.74. The Morgan fingerprint density at radius 3 is 3.07 bits per heavy atom. The largest absolute Gasteiger partial charge is 0.381 e. The van der Waals surface area contributed by atoms with Gasteiger partial charge in [0, 0.05) is 55.9 Å². The van der Waals surface area contributed by atoms with Crippen molar-refractivity contribution < 1.29 is 13.9 Å². The lowest BCUT2D eigenvalue weighted by Crippen LogP contribution is -2.38. The smallest absolute Gasteiger partial charge is 0.191 e. The fourth-order valence-corrected chi connectivity index (χ4v) is 3.34. The molecule has 162 valence electrons. The van der Waals surface area contributed by atoms with Crippen LogP contribution in [0.15, 0.2) is 29.4 Å². The minimum atomic E-state index is -0.209. The second kappa shape index (κ2) is 13.0. The molecule has 1 aliphatic rings. The third-order valence-corrected chi connectivity index (χ3v) is 4.85. The van der Waals surface area contributed by atoms with E-state index in [1.165, 1.54) is 6.07 Å². The van der Waals surface area contributed by atoms with Crippen molar-refractivity contribution in [2.45, 2.75) is 26.2 Å². The average Bonchev–Trinajstić information content (AvgIpc) is 3.34. The fraction of sp³-hybridized carbons (Fsp3) is 0.571. The van der Waals surface area contributed by atoms with Crippen LogP contribution in [-0.4, -0.2) is 57.0 Å². The van der Waals surface area contributed by atoms with Gasteiger partial charge >= 0.3 is 0 Å². The lowest BCUT2D eigenvalue weighted by atomic mass is 10.1. The van der Waals surface area contributed by atoms with E-state index >= 15 is 0 Å². The van der Waals surface area contributed by atoms with Crippen LogP contribution in [0.4, 0.5) is 4.39 Å². The zero-order valence-corrected chi connectivity index (χ0v) is 19.3. The summed E-state index contributed by atoms with van der Waals surface area (Å²) in [5, 5.41) is 7.54. The number of nitrogens with one attached hydrogen (secondary N) is 3. The van der Waals surface area contributed by atoms with Gasteiger partial charge in [-0.2, -0.15) is 0 Å². The van der Waals surface area contributed by atoms with E-state index in [1.54, 1.807) is 12.1 Å². The van der Waals surface area contributed by atoms with Gasteiger partial charge in [0.2, 0.25) is 0 Å². The molecule has 1 saturated heterocycles. The quantitative estimate of drug-likeness (QED) is 0.195. The Balaban J connectivity index is 0.00000300. The van der Waals surface area contributed by atoms with Crippen LogP contribution in [0.25, 0.3) is 10.9 Å². The summed E-state index contributed by atoms with van der Waals surface area (Å²) in [4.78, 5) is 7.79. The molecule has 8 heteroatoms. The second-order valence-corrected chi connectivity index (χ2v) is 7.10. The van der Waals surface area contributed by atoms with Crippen LogP contribution < -0.4 is 10.6 Å². The molecule has 29 heavy (non-hydrogen) atoms. The third-order valence-electron chi connectivity index (χ3n) is 4.85. The number of benzene rings is 1. The SMILES string of the molecule is CCNC(=NCCCOCC1CCOC1)NCCc1c[nH]c2ccc(F)cc12.I. The molecule has 0 aliphatic carbocycles. The highest BCUT2D eigenvalue weighted by Crippen LogP contribution is 2.19. The van der Waals surface area contributed by atoms with Crippen LogP contribution in [0.1, 0.15) is 25.3 Å². The highest BCUT2D eigenvalue weighted by atomic mass is 127. The molecule has 1 aromatic heterocycles. The van der Waals surface area contributed by atoms with Gasteiger partial charge in [0.1, 0.15) is 5.82 Å². The Bertz CT molecular complexity index is 762. The van der Waals surface area contributed by atoms with Crippen LogP contribution in [0.3, 0.4) is 0 Å². The average molecular weight is 518 g/mol.